The van der Waals surface area contributed by atoms with E-state index >= 15 is 0 Å². The molecule has 0 saturated heterocycles. The third kappa shape index (κ3) is 4.12. The van der Waals surface area contributed by atoms with Gasteiger partial charge in [0.05, 0.1) is 11.1 Å². The molecule has 1 fully saturated rings. The molecule has 0 bridgehead atoms. The van der Waals surface area contributed by atoms with Crippen molar-refractivity contribution in [2.24, 2.45) is 0 Å². The standard InChI is InChI=1S/C20H19F4N5O2/c1-29(11-4-5-20(23,24)7-11)14-3-2-10(8-25-14)9-26-18(30)12-6-13-17(16(22)15(12)21)28-19(31)27-13/h2-3,6,8,11H,4-5,7,9H2,1H3,(H,26,30)(H2,27,28,31). The van der Waals surface area contributed by atoms with Crippen molar-refractivity contribution >= 4 is 22.8 Å². The van der Waals surface area contributed by atoms with E-state index in [2.05, 4.69) is 20.3 Å². The Morgan fingerprint density at radius 3 is 2.71 bits per heavy atom. The van der Waals surface area contributed by atoms with E-state index in [1.165, 1.54) is 6.20 Å². The number of hydrogen-bond donors (Lipinski definition) is 3. The first kappa shape index (κ1) is 20.9. The molecule has 3 aromatic rings. The number of fused-ring (bicyclic) bond motifs is 1. The van der Waals surface area contributed by atoms with Crippen molar-refractivity contribution in [2.75, 3.05) is 11.9 Å². The van der Waals surface area contributed by atoms with E-state index in [-0.39, 0.29) is 36.5 Å². The number of anilines is 1. The molecule has 11 heteroatoms. The maximum Gasteiger partial charge on any atom is 0.323 e. The number of pyridine rings is 1. The molecule has 7 nitrogen and oxygen atoms in total. The number of halogens is 4. The minimum Gasteiger partial charge on any atom is -0.356 e. The first-order chi connectivity index (χ1) is 14.6. The normalized spacial score (nSPS) is 17.8. The maximum atomic E-state index is 14.2. The highest BCUT2D eigenvalue weighted by Gasteiger charge is 2.41. The molecular formula is C20H19F4N5O2. The Labute approximate surface area is 173 Å². The Morgan fingerprint density at radius 2 is 2.06 bits per heavy atom. The van der Waals surface area contributed by atoms with Gasteiger partial charge in [0.25, 0.3) is 5.91 Å². The Morgan fingerprint density at radius 1 is 1.29 bits per heavy atom. The van der Waals surface area contributed by atoms with Crippen molar-refractivity contribution in [1.29, 1.82) is 0 Å². The van der Waals surface area contributed by atoms with Crippen molar-refractivity contribution in [1.82, 2.24) is 20.3 Å². The highest BCUT2D eigenvalue weighted by atomic mass is 19.3. The van der Waals surface area contributed by atoms with Gasteiger partial charge in [-0.1, -0.05) is 6.07 Å². The van der Waals surface area contributed by atoms with Crippen LogP contribution in [0.2, 0.25) is 0 Å². The minimum atomic E-state index is -2.66. The number of benzene rings is 1. The second kappa shape index (κ2) is 7.71. The summed E-state index contributed by atoms with van der Waals surface area (Å²) >= 11 is 0. The number of aromatic nitrogens is 3. The van der Waals surface area contributed by atoms with Gasteiger partial charge in [0.1, 0.15) is 11.3 Å². The number of alkyl halides is 2. The van der Waals surface area contributed by atoms with Crippen LogP contribution in [0.15, 0.2) is 29.2 Å². The van der Waals surface area contributed by atoms with Crippen molar-refractivity contribution in [2.45, 2.75) is 37.8 Å². The Balaban J connectivity index is 1.43. The van der Waals surface area contributed by atoms with Gasteiger partial charge in [-0.05, 0) is 24.1 Å². The molecule has 1 aliphatic carbocycles. The van der Waals surface area contributed by atoms with E-state index in [9.17, 15) is 27.2 Å². The van der Waals surface area contributed by atoms with E-state index in [4.69, 9.17) is 0 Å². The fourth-order valence-electron chi connectivity index (χ4n) is 3.73. The summed E-state index contributed by atoms with van der Waals surface area (Å²) < 4.78 is 55.2. The topological polar surface area (TPSA) is 93.9 Å². The molecule has 1 amide bonds. The molecule has 1 atom stereocenters. The lowest BCUT2D eigenvalue weighted by atomic mass is 10.1. The average Bonchev–Trinajstić information content (AvgIpc) is 3.30. The molecule has 0 aliphatic heterocycles. The number of rotatable bonds is 5. The molecule has 31 heavy (non-hydrogen) atoms. The second-order valence-corrected chi connectivity index (χ2v) is 7.62. The summed E-state index contributed by atoms with van der Waals surface area (Å²) in [6, 6.07) is 4.06. The first-order valence-electron chi connectivity index (χ1n) is 9.58. The van der Waals surface area contributed by atoms with Crippen LogP contribution in [0.3, 0.4) is 0 Å². The zero-order valence-corrected chi connectivity index (χ0v) is 16.4. The number of H-pyrrole nitrogens is 2. The van der Waals surface area contributed by atoms with Gasteiger partial charge >= 0.3 is 5.69 Å². The summed E-state index contributed by atoms with van der Waals surface area (Å²) in [5.74, 6) is -5.70. The van der Waals surface area contributed by atoms with Crippen molar-refractivity contribution in [3.63, 3.8) is 0 Å². The van der Waals surface area contributed by atoms with Gasteiger partial charge in [-0.15, -0.1) is 0 Å². The molecule has 0 radical (unpaired) electrons. The Bertz CT molecular complexity index is 1190. The molecule has 2 aromatic heterocycles. The van der Waals surface area contributed by atoms with E-state index in [1.54, 1.807) is 24.1 Å². The molecule has 164 valence electrons. The number of amides is 1. The predicted octanol–water partition coefficient (Wildman–Crippen LogP) is 3.08. The highest BCUT2D eigenvalue weighted by molar-refractivity contribution is 5.97. The smallest absolute Gasteiger partial charge is 0.323 e. The number of aromatic amines is 2. The zero-order chi connectivity index (χ0) is 22.3. The number of imidazole rings is 1. The molecule has 1 unspecified atom stereocenters. The van der Waals surface area contributed by atoms with Crippen LogP contribution in [0.25, 0.3) is 11.0 Å². The monoisotopic (exact) mass is 437 g/mol. The van der Waals surface area contributed by atoms with Crippen LogP contribution in [-0.2, 0) is 6.54 Å². The number of nitrogens with zero attached hydrogens (tertiary/aromatic N) is 2. The fourth-order valence-corrected chi connectivity index (χ4v) is 3.73. The Hall–Kier alpha value is -3.37. The van der Waals surface area contributed by atoms with E-state index in [0.717, 1.165) is 6.07 Å². The van der Waals surface area contributed by atoms with E-state index in [0.29, 0.717) is 17.8 Å². The predicted molar refractivity (Wildman–Crippen MR) is 105 cm³/mol. The van der Waals surface area contributed by atoms with Crippen molar-refractivity contribution in [3.8, 4) is 0 Å². The summed E-state index contributed by atoms with van der Waals surface area (Å²) in [6.45, 7) is -0.0138. The number of carbonyl (C=O) groups excluding carboxylic acids is 1. The largest absolute Gasteiger partial charge is 0.356 e. The minimum absolute atomic E-state index is 0.0138. The summed E-state index contributed by atoms with van der Waals surface area (Å²) in [6.07, 6.45) is 1.48. The van der Waals surface area contributed by atoms with Crippen molar-refractivity contribution in [3.05, 3.63) is 57.6 Å². The molecule has 1 aromatic carbocycles. The van der Waals surface area contributed by atoms with Crippen LogP contribution in [0.5, 0.6) is 0 Å². The lowest BCUT2D eigenvalue weighted by Crippen LogP contribution is -2.31. The van der Waals surface area contributed by atoms with Crippen LogP contribution >= 0.6 is 0 Å². The molecule has 3 N–H and O–H groups in total. The van der Waals surface area contributed by atoms with Crippen LogP contribution < -0.4 is 15.9 Å². The lowest BCUT2D eigenvalue weighted by molar-refractivity contribution is 0.00785. The van der Waals surface area contributed by atoms with E-state index < -0.39 is 34.7 Å². The molecular weight excluding hydrogens is 418 g/mol. The Kier molecular flexibility index (Phi) is 5.19. The van der Waals surface area contributed by atoms with Gasteiger partial charge in [-0.3, -0.25) is 4.79 Å². The quantitative estimate of drug-likeness (QED) is 0.535. The first-order valence-corrected chi connectivity index (χ1v) is 9.58. The molecule has 1 saturated carbocycles. The van der Waals surface area contributed by atoms with Crippen LogP contribution in [0.4, 0.5) is 23.4 Å². The van der Waals surface area contributed by atoms with E-state index in [1.807, 2.05) is 0 Å². The number of carbonyl (C=O) groups is 1. The highest BCUT2D eigenvalue weighted by Crippen LogP contribution is 2.37. The molecule has 2 heterocycles. The SMILES string of the molecule is CN(c1ccc(CNC(=O)c2cc3[nH]c(=O)[nH]c3c(F)c2F)cn1)C1CCC(F)(F)C1. The third-order valence-corrected chi connectivity index (χ3v) is 5.49. The van der Waals surface area contributed by atoms with Gasteiger partial charge in [-0.2, -0.15) is 0 Å². The number of nitrogens with one attached hydrogen (secondary N) is 3. The lowest BCUT2D eigenvalue weighted by Gasteiger charge is -2.25. The fraction of sp³-hybridized carbons (Fsp3) is 0.350. The number of hydrogen-bond acceptors (Lipinski definition) is 4. The maximum absolute atomic E-state index is 14.2. The van der Waals surface area contributed by atoms with Gasteiger partial charge in [-0.25, -0.2) is 27.3 Å². The van der Waals surface area contributed by atoms with Crippen LogP contribution in [-0.4, -0.2) is 39.9 Å². The summed E-state index contributed by atoms with van der Waals surface area (Å²) in [4.78, 5) is 34.0. The van der Waals surface area contributed by atoms with Gasteiger partial charge in [0.15, 0.2) is 11.6 Å². The van der Waals surface area contributed by atoms with Gasteiger partial charge in [0.2, 0.25) is 5.92 Å². The second-order valence-electron chi connectivity index (χ2n) is 7.62. The van der Waals surface area contributed by atoms with Crippen LogP contribution in [0.1, 0.15) is 35.2 Å². The molecule has 4 rings (SSSR count). The zero-order valence-electron chi connectivity index (χ0n) is 16.4. The molecule has 1 aliphatic rings. The average molecular weight is 437 g/mol. The third-order valence-electron chi connectivity index (χ3n) is 5.49. The van der Waals surface area contributed by atoms with Gasteiger partial charge < -0.3 is 20.2 Å². The molecule has 0 spiro atoms. The summed E-state index contributed by atoms with van der Waals surface area (Å²) in [7, 11) is 1.70. The van der Waals surface area contributed by atoms with Crippen molar-refractivity contribution < 1.29 is 22.4 Å². The summed E-state index contributed by atoms with van der Waals surface area (Å²) in [5, 5.41) is 2.47. The van der Waals surface area contributed by atoms with Crippen LogP contribution in [0, 0.1) is 11.6 Å². The summed E-state index contributed by atoms with van der Waals surface area (Å²) in [5.41, 5.74) is -1.06. The van der Waals surface area contributed by atoms with Gasteiger partial charge in [0, 0.05) is 38.7 Å².